The minimum Gasteiger partial charge on any atom is -0.467 e. The third kappa shape index (κ3) is 3.74. The van der Waals surface area contributed by atoms with E-state index in [0.717, 1.165) is 11.1 Å². The highest BCUT2D eigenvalue weighted by atomic mass is 19.1. The molecule has 2 amide bonds. The Bertz CT molecular complexity index is 858. The first-order valence-electron chi connectivity index (χ1n) is 8.94. The fourth-order valence-corrected chi connectivity index (χ4v) is 3.69. The van der Waals surface area contributed by atoms with Crippen LogP contribution in [0.5, 0.6) is 5.75 Å². The van der Waals surface area contributed by atoms with Crippen molar-refractivity contribution in [3.63, 3.8) is 0 Å². The Balaban J connectivity index is 1.35. The maximum atomic E-state index is 13.8. The zero-order chi connectivity index (χ0) is 18.8. The standard InChI is InChI=1S/C20H21FN2O4/c21-15-7-13(19-14(8-15)10-26-11-27-19)5-6-22-20(25)23-18-16-4-2-1-3-12(16)9-17(18)24/h1-4,7-8,17-18,24H,5-6,9-11H2,(H2,22,23,25)/t17-,18-/m1/s1. The molecule has 0 bridgehead atoms. The summed E-state index contributed by atoms with van der Waals surface area (Å²) in [5, 5.41) is 15.8. The summed E-state index contributed by atoms with van der Waals surface area (Å²) >= 11 is 0. The van der Waals surface area contributed by atoms with E-state index in [1.54, 1.807) is 0 Å². The van der Waals surface area contributed by atoms with Crippen LogP contribution in [0.4, 0.5) is 9.18 Å². The number of hydrogen-bond acceptors (Lipinski definition) is 4. The predicted octanol–water partition coefficient (Wildman–Crippen LogP) is 2.19. The predicted molar refractivity (Wildman–Crippen MR) is 95.8 cm³/mol. The zero-order valence-corrected chi connectivity index (χ0v) is 14.7. The van der Waals surface area contributed by atoms with E-state index in [-0.39, 0.29) is 18.6 Å². The number of benzene rings is 2. The van der Waals surface area contributed by atoms with Gasteiger partial charge in [-0.25, -0.2) is 9.18 Å². The van der Waals surface area contributed by atoms with Gasteiger partial charge in [0.2, 0.25) is 0 Å². The van der Waals surface area contributed by atoms with Gasteiger partial charge in [0.05, 0.1) is 18.8 Å². The van der Waals surface area contributed by atoms with Crippen LogP contribution in [0, 0.1) is 5.82 Å². The van der Waals surface area contributed by atoms with E-state index >= 15 is 0 Å². The van der Waals surface area contributed by atoms with E-state index in [9.17, 15) is 14.3 Å². The first kappa shape index (κ1) is 17.8. The Morgan fingerprint density at radius 3 is 3.00 bits per heavy atom. The van der Waals surface area contributed by atoms with Crippen molar-refractivity contribution in [3.05, 3.63) is 64.5 Å². The van der Waals surface area contributed by atoms with E-state index in [2.05, 4.69) is 10.6 Å². The van der Waals surface area contributed by atoms with Crippen LogP contribution in [0.2, 0.25) is 0 Å². The molecule has 7 heteroatoms. The van der Waals surface area contributed by atoms with Gasteiger partial charge in [-0.15, -0.1) is 0 Å². The third-order valence-corrected chi connectivity index (χ3v) is 4.92. The fourth-order valence-electron chi connectivity index (χ4n) is 3.69. The molecule has 2 aromatic carbocycles. The molecule has 0 spiro atoms. The van der Waals surface area contributed by atoms with E-state index in [1.165, 1.54) is 12.1 Å². The summed E-state index contributed by atoms with van der Waals surface area (Å²) in [5.41, 5.74) is 3.35. The number of nitrogens with one attached hydrogen (secondary N) is 2. The highest BCUT2D eigenvalue weighted by Crippen LogP contribution is 2.31. The first-order chi connectivity index (χ1) is 13.1. The van der Waals surface area contributed by atoms with Crippen LogP contribution < -0.4 is 15.4 Å². The van der Waals surface area contributed by atoms with Gasteiger partial charge in [-0.1, -0.05) is 24.3 Å². The normalized spacial score (nSPS) is 20.4. The van der Waals surface area contributed by atoms with E-state index in [1.807, 2.05) is 24.3 Å². The van der Waals surface area contributed by atoms with Crippen LogP contribution in [0.25, 0.3) is 0 Å². The van der Waals surface area contributed by atoms with Crippen molar-refractivity contribution in [1.82, 2.24) is 10.6 Å². The van der Waals surface area contributed by atoms with E-state index < -0.39 is 12.1 Å². The Morgan fingerprint density at radius 2 is 2.11 bits per heavy atom. The number of aliphatic hydroxyl groups excluding tert-OH is 1. The maximum Gasteiger partial charge on any atom is 0.315 e. The molecule has 3 N–H and O–H groups in total. The average molecular weight is 372 g/mol. The molecule has 6 nitrogen and oxygen atoms in total. The number of amides is 2. The van der Waals surface area contributed by atoms with Gasteiger partial charge in [0, 0.05) is 18.5 Å². The molecular formula is C20H21FN2O4. The molecule has 0 aromatic heterocycles. The summed E-state index contributed by atoms with van der Waals surface area (Å²) in [5.74, 6) is 0.276. The lowest BCUT2D eigenvalue weighted by atomic mass is 10.1. The highest BCUT2D eigenvalue weighted by Gasteiger charge is 2.31. The topological polar surface area (TPSA) is 79.8 Å². The average Bonchev–Trinajstić information content (AvgIpc) is 2.97. The molecule has 0 saturated heterocycles. The van der Waals surface area contributed by atoms with Gasteiger partial charge in [0.1, 0.15) is 11.6 Å². The Labute approximate surface area is 156 Å². The molecule has 0 radical (unpaired) electrons. The molecule has 1 aliphatic heterocycles. The Hall–Kier alpha value is -2.64. The van der Waals surface area contributed by atoms with E-state index in [0.29, 0.717) is 42.9 Å². The van der Waals surface area contributed by atoms with Gasteiger partial charge in [-0.05, 0) is 35.2 Å². The highest BCUT2D eigenvalue weighted by molar-refractivity contribution is 5.74. The molecule has 4 rings (SSSR count). The molecular weight excluding hydrogens is 351 g/mol. The van der Waals surface area contributed by atoms with Crippen molar-refractivity contribution in [2.45, 2.75) is 31.6 Å². The SMILES string of the molecule is O=C(NCCc1cc(F)cc2c1OCOC2)N[C@@H]1c2ccccc2C[C@H]1O. The number of urea groups is 1. The summed E-state index contributed by atoms with van der Waals surface area (Å²) in [6.45, 7) is 0.766. The molecule has 1 aliphatic carbocycles. The molecule has 2 aromatic rings. The third-order valence-electron chi connectivity index (χ3n) is 4.92. The lowest BCUT2D eigenvalue weighted by Gasteiger charge is -2.21. The molecule has 0 saturated carbocycles. The van der Waals surface area contributed by atoms with Gasteiger partial charge in [0.25, 0.3) is 0 Å². The van der Waals surface area contributed by atoms with Gasteiger partial charge in [0.15, 0.2) is 6.79 Å². The summed E-state index contributed by atoms with van der Waals surface area (Å²) < 4.78 is 24.4. The first-order valence-corrected chi connectivity index (χ1v) is 8.94. The molecule has 0 fully saturated rings. The lowest BCUT2D eigenvalue weighted by molar-refractivity contribution is -0.0172. The van der Waals surface area contributed by atoms with Crippen LogP contribution in [-0.2, 0) is 24.2 Å². The van der Waals surface area contributed by atoms with Gasteiger partial charge in [-0.3, -0.25) is 0 Å². The molecule has 142 valence electrons. The van der Waals surface area contributed by atoms with Crippen molar-refractivity contribution < 1.29 is 23.8 Å². The zero-order valence-electron chi connectivity index (χ0n) is 14.7. The summed E-state index contributed by atoms with van der Waals surface area (Å²) in [7, 11) is 0. The number of aliphatic hydroxyl groups is 1. The van der Waals surface area contributed by atoms with Crippen molar-refractivity contribution >= 4 is 6.03 Å². The number of ether oxygens (including phenoxy) is 2. The van der Waals surface area contributed by atoms with E-state index in [4.69, 9.17) is 9.47 Å². The number of rotatable bonds is 4. The second-order valence-corrected chi connectivity index (χ2v) is 6.76. The van der Waals surface area contributed by atoms with Crippen LogP contribution >= 0.6 is 0 Å². The lowest BCUT2D eigenvalue weighted by Crippen LogP contribution is -2.41. The monoisotopic (exact) mass is 372 g/mol. The van der Waals surface area contributed by atoms with Crippen molar-refractivity contribution in [3.8, 4) is 5.75 Å². The molecule has 27 heavy (non-hydrogen) atoms. The summed E-state index contributed by atoms with van der Waals surface area (Å²) in [6.07, 6.45) is 0.310. The fraction of sp³-hybridized carbons (Fsp3) is 0.350. The van der Waals surface area contributed by atoms with Gasteiger partial charge in [-0.2, -0.15) is 0 Å². The van der Waals surface area contributed by atoms with Crippen molar-refractivity contribution in [1.29, 1.82) is 0 Å². The Morgan fingerprint density at radius 1 is 1.26 bits per heavy atom. The smallest absolute Gasteiger partial charge is 0.315 e. The van der Waals surface area contributed by atoms with Crippen LogP contribution in [0.3, 0.4) is 0 Å². The van der Waals surface area contributed by atoms with Gasteiger partial charge < -0.3 is 25.2 Å². The van der Waals surface area contributed by atoms with Gasteiger partial charge >= 0.3 is 6.03 Å². The largest absolute Gasteiger partial charge is 0.467 e. The second-order valence-electron chi connectivity index (χ2n) is 6.76. The minimum atomic E-state index is -0.642. The molecule has 2 aliphatic rings. The number of hydrogen-bond donors (Lipinski definition) is 3. The number of fused-ring (bicyclic) bond motifs is 2. The molecule has 1 heterocycles. The quantitative estimate of drug-likeness (QED) is 0.769. The number of halogens is 1. The Kier molecular flexibility index (Phi) is 4.96. The van der Waals surface area contributed by atoms with Crippen molar-refractivity contribution in [2.24, 2.45) is 0 Å². The van der Waals surface area contributed by atoms with Crippen molar-refractivity contribution in [2.75, 3.05) is 13.3 Å². The number of carbonyl (C=O) groups is 1. The molecule has 0 unspecified atom stereocenters. The van der Waals surface area contributed by atoms with Crippen LogP contribution in [0.15, 0.2) is 36.4 Å². The maximum absolute atomic E-state index is 13.8. The van der Waals surface area contributed by atoms with Crippen LogP contribution in [-0.4, -0.2) is 30.6 Å². The molecule has 2 atom stereocenters. The van der Waals surface area contributed by atoms with Crippen LogP contribution in [0.1, 0.15) is 28.3 Å². The number of carbonyl (C=O) groups excluding carboxylic acids is 1. The summed E-state index contributed by atoms with van der Waals surface area (Å²) in [6, 6.07) is 9.69. The summed E-state index contributed by atoms with van der Waals surface area (Å²) in [4.78, 5) is 12.2. The second kappa shape index (κ2) is 7.54. The minimum absolute atomic E-state index is 0.137.